The lowest BCUT2D eigenvalue weighted by Gasteiger charge is -2.22. The first-order chi connectivity index (χ1) is 9.45. The molecule has 0 bridgehead atoms. The van der Waals surface area contributed by atoms with Gasteiger partial charge in [0, 0.05) is 13.7 Å². The highest BCUT2D eigenvalue weighted by molar-refractivity contribution is 5.97. The molecule has 0 spiro atoms. The number of hydrogen-bond acceptors (Lipinski definition) is 5. The summed E-state index contributed by atoms with van der Waals surface area (Å²) in [6.07, 6.45) is 0. The summed E-state index contributed by atoms with van der Waals surface area (Å²) in [7, 11) is 4.46. The average Bonchev–Trinajstić information content (AvgIpc) is 2.43. The maximum atomic E-state index is 12.1. The Morgan fingerprint density at radius 3 is 2.55 bits per heavy atom. The number of carbonyl (C=O) groups is 1. The van der Waals surface area contributed by atoms with Gasteiger partial charge < -0.3 is 24.6 Å². The van der Waals surface area contributed by atoms with Gasteiger partial charge in [-0.05, 0) is 19.1 Å². The second kappa shape index (κ2) is 7.12. The Morgan fingerprint density at radius 2 is 2.00 bits per heavy atom. The molecule has 0 unspecified atom stereocenters. The van der Waals surface area contributed by atoms with Gasteiger partial charge in [-0.2, -0.15) is 0 Å². The van der Waals surface area contributed by atoms with Crippen molar-refractivity contribution in [2.45, 2.75) is 12.5 Å². The van der Waals surface area contributed by atoms with Crippen molar-refractivity contribution in [3.63, 3.8) is 0 Å². The Labute approximate surface area is 118 Å². The van der Waals surface area contributed by atoms with E-state index in [9.17, 15) is 9.90 Å². The van der Waals surface area contributed by atoms with Crippen molar-refractivity contribution in [1.82, 2.24) is 5.32 Å². The van der Waals surface area contributed by atoms with Gasteiger partial charge in [0.25, 0.3) is 5.91 Å². The van der Waals surface area contributed by atoms with E-state index in [1.165, 1.54) is 21.3 Å². The van der Waals surface area contributed by atoms with E-state index >= 15 is 0 Å². The van der Waals surface area contributed by atoms with Crippen LogP contribution in [0, 0.1) is 0 Å². The smallest absolute Gasteiger partial charge is 0.255 e. The Balaban J connectivity index is 2.83. The lowest BCUT2D eigenvalue weighted by atomic mass is 10.1. The van der Waals surface area contributed by atoms with Crippen molar-refractivity contribution >= 4 is 5.91 Å². The van der Waals surface area contributed by atoms with E-state index in [1.807, 2.05) is 0 Å². The molecule has 6 nitrogen and oxygen atoms in total. The predicted molar refractivity (Wildman–Crippen MR) is 74.4 cm³/mol. The number of ether oxygens (including phenoxy) is 3. The lowest BCUT2D eigenvalue weighted by molar-refractivity contribution is -0.0147. The fourth-order valence-corrected chi connectivity index (χ4v) is 1.79. The maximum Gasteiger partial charge on any atom is 0.255 e. The first kappa shape index (κ1) is 16.3. The zero-order valence-electron chi connectivity index (χ0n) is 12.2. The fourth-order valence-electron chi connectivity index (χ4n) is 1.79. The molecule has 1 amide bonds. The highest BCUT2D eigenvalue weighted by atomic mass is 16.5. The van der Waals surface area contributed by atoms with Gasteiger partial charge in [-0.1, -0.05) is 6.07 Å². The number of aliphatic hydroxyl groups is 1. The first-order valence-electron chi connectivity index (χ1n) is 6.15. The number of methoxy groups -OCH3 is 3. The number of hydrogen-bond donors (Lipinski definition) is 2. The van der Waals surface area contributed by atoms with Gasteiger partial charge in [-0.15, -0.1) is 0 Å². The highest BCUT2D eigenvalue weighted by Gasteiger charge is 2.23. The molecule has 0 fully saturated rings. The lowest BCUT2D eigenvalue weighted by Crippen LogP contribution is -2.43. The van der Waals surface area contributed by atoms with Crippen LogP contribution in [0.3, 0.4) is 0 Å². The minimum atomic E-state index is -1.13. The molecule has 0 saturated carbocycles. The topological polar surface area (TPSA) is 77.0 Å². The molecule has 20 heavy (non-hydrogen) atoms. The average molecular weight is 283 g/mol. The third kappa shape index (κ3) is 4.11. The Morgan fingerprint density at radius 1 is 1.30 bits per heavy atom. The standard InChI is InChI=1S/C14H21NO5/c1-14(17,9-18-2)8-15-13(16)10-6-5-7-11(19-3)12(10)20-4/h5-7,17H,8-9H2,1-4H3,(H,15,16)/t14-/m0/s1. The minimum absolute atomic E-state index is 0.0695. The van der Waals surface area contributed by atoms with E-state index in [2.05, 4.69) is 5.32 Å². The van der Waals surface area contributed by atoms with E-state index in [0.717, 1.165) is 0 Å². The van der Waals surface area contributed by atoms with Crippen molar-refractivity contribution in [2.75, 3.05) is 34.5 Å². The summed E-state index contributed by atoms with van der Waals surface area (Å²) in [6.45, 7) is 1.78. The van der Waals surface area contributed by atoms with Crippen LogP contribution < -0.4 is 14.8 Å². The van der Waals surface area contributed by atoms with Crippen LogP contribution in [-0.2, 0) is 4.74 Å². The van der Waals surface area contributed by atoms with Crippen molar-refractivity contribution < 1.29 is 24.1 Å². The fraction of sp³-hybridized carbons (Fsp3) is 0.500. The van der Waals surface area contributed by atoms with Crippen LogP contribution >= 0.6 is 0 Å². The second-order valence-electron chi connectivity index (χ2n) is 4.65. The number of para-hydroxylation sites is 1. The minimum Gasteiger partial charge on any atom is -0.493 e. The normalized spacial score (nSPS) is 13.4. The number of rotatable bonds is 7. The summed E-state index contributed by atoms with van der Waals surface area (Å²) < 4.78 is 15.2. The molecule has 0 radical (unpaired) electrons. The van der Waals surface area contributed by atoms with Crippen LogP contribution in [0.2, 0.25) is 0 Å². The number of carbonyl (C=O) groups excluding carboxylic acids is 1. The van der Waals surface area contributed by atoms with Gasteiger partial charge >= 0.3 is 0 Å². The molecule has 1 aromatic carbocycles. The maximum absolute atomic E-state index is 12.1. The molecule has 0 aliphatic heterocycles. The number of nitrogens with one attached hydrogen (secondary N) is 1. The van der Waals surface area contributed by atoms with Gasteiger partial charge in [0.2, 0.25) is 0 Å². The zero-order valence-corrected chi connectivity index (χ0v) is 12.2. The van der Waals surface area contributed by atoms with Crippen molar-refractivity contribution in [1.29, 1.82) is 0 Å². The Hall–Kier alpha value is -1.79. The predicted octanol–water partition coefficient (Wildman–Crippen LogP) is 0.831. The van der Waals surface area contributed by atoms with Crippen LogP contribution in [0.25, 0.3) is 0 Å². The van der Waals surface area contributed by atoms with E-state index in [0.29, 0.717) is 17.1 Å². The molecular weight excluding hydrogens is 262 g/mol. The van der Waals surface area contributed by atoms with Crippen LogP contribution in [0.4, 0.5) is 0 Å². The van der Waals surface area contributed by atoms with E-state index in [1.54, 1.807) is 25.1 Å². The molecule has 2 N–H and O–H groups in total. The quantitative estimate of drug-likeness (QED) is 0.775. The molecule has 0 aromatic heterocycles. The summed E-state index contributed by atoms with van der Waals surface area (Å²) in [4.78, 5) is 12.1. The number of amides is 1. The van der Waals surface area contributed by atoms with Gasteiger partial charge in [0.05, 0.1) is 26.4 Å². The Bertz CT molecular complexity index is 459. The molecule has 1 atom stereocenters. The third-order valence-corrected chi connectivity index (χ3v) is 2.73. The van der Waals surface area contributed by atoms with E-state index in [-0.39, 0.29) is 19.1 Å². The largest absolute Gasteiger partial charge is 0.493 e. The van der Waals surface area contributed by atoms with Gasteiger partial charge in [-0.25, -0.2) is 0 Å². The second-order valence-corrected chi connectivity index (χ2v) is 4.65. The summed E-state index contributed by atoms with van der Waals surface area (Å²) in [5.41, 5.74) is -0.781. The highest BCUT2D eigenvalue weighted by Crippen LogP contribution is 2.30. The first-order valence-corrected chi connectivity index (χ1v) is 6.15. The molecule has 0 aliphatic rings. The van der Waals surface area contributed by atoms with Gasteiger partial charge in [0.15, 0.2) is 11.5 Å². The molecule has 0 saturated heterocycles. The summed E-state index contributed by atoms with van der Waals surface area (Å²) in [6, 6.07) is 5.03. The third-order valence-electron chi connectivity index (χ3n) is 2.73. The van der Waals surface area contributed by atoms with E-state index < -0.39 is 5.60 Å². The Kier molecular flexibility index (Phi) is 5.79. The van der Waals surface area contributed by atoms with Crippen molar-refractivity contribution in [2.24, 2.45) is 0 Å². The van der Waals surface area contributed by atoms with Crippen LogP contribution in [-0.4, -0.2) is 51.1 Å². The van der Waals surface area contributed by atoms with Crippen molar-refractivity contribution in [3.05, 3.63) is 23.8 Å². The molecule has 1 rings (SSSR count). The molecule has 6 heteroatoms. The van der Waals surface area contributed by atoms with Gasteiger partial charge in [0.1, 0.15) is 5.60 Å². The molecule has 112 valence electrons. The molecular formula is C14H21NO5. The van der Waals surface area contributed by atoms with Crippen LogP contribution in [0.1, 0.15) is 17.3 Å². The van der Waals surface area contributed by atoms with Crippen LogP contribution in [0.15, 0.2) is 18.2 Å². The molecule has 0 heterocycles. The number of benzene rings is 1. The summed E-state index contributed by atoms with van der Waals surface area (Å²) in [5.74, 6) is 0.486. The van der Waals surface area contributed by atoms with Crippen molar-refractivity contribution in [3.8, 4) is 11.5 Å². The SMILES string of the molecule is COC[C@@](C)(O)CNC(=O)c1cccc(OC)c1OC. The van der Waals surface area contributed by atoms with Crippen LogP contribution in [0.5, 0.6) is 11.5 Å². The zero-order chi connectivity index (χ0) is 15.2. The van der Waals surface area contributed by atoms with E-state index in [4.69, 9.17) is 14.2 Å². The summed E-state index contributed by atoms with van der Waals surface area (Å²) >= 11 is 0. The molecule has 0 aliphatic carbocycles. The summed E-state index contributed by atoms with van der Waals surface area (Å²) in [5, 5.41) is 12.6. The monoisotopic (exact) mass is 283 g/mol. The van der Waals surface area contributed by atoms with Gasteiger partial charge in [-0.3, -0.25) is 4.79 Å². The molecule has 1 aromatic rings.